The minimum Gasteiger partial charge on any atom is -0.491 e. The SMILES string of the molecule is CC(C)Oc1ccc(-c2[nH]c(=O)sc2CN2CCN(C)CC2)cc1. The molecule has 0 atom stereocenters. The minimum atomic E-state index is 0.0108. The lowest BCUT2D eigenvalue weighted by Gasteiger charge is -2.32. The molecular formula is C18H25N3O2S. The highest BCUT2D eigenvalue weighted by Gasteiger charge is 2.18. The van der Waals surface area contributed by atoms with Crippen LogP contribution in [-0.4, -0.2) is 54.1 Å². The van der Waals surface area contributed by atoms with Gasteiger partial charge in [-0.15, -0.1) is 0 Å². The van der Waals surface area contributed by atoms with Crippen LogP contribution in [0.1, 0.15) is 18.7 Å². The van der Waals surface area contributed by atoms with E-state index < -0.39 is 0 Å². The van der Waals surface area contributed by atoms with Crippen LogP contribution in [0.15, 0.2) is 29.1 Å². The van der Waals surface area contributed by atoms with Crippen LogP contribution >= 0.6 is 11.3 Å². The smallest absolute Gasteiger partial charge is 0.305 e. The predicted octanol–water partition coefficient (Wildman–Crippen LogP) is 2.64. The molecule has 2 heterocycles. The first kappa shape index (κ1) is 17.2. The van der Waals surface area contributed by atoms with E-state index in [-0.39, 0.29) is 11.0 Å². The first-order valence-electron chi connectivity index (χ1n) is 8.41. The summed E-state index contributed by atoms with van der Waals surface area (Å²) in [6, 6.07) is 7.96. The number of nitrogens with one attached hydrogen (secondary N) is 1. The molecule has 1 aromatic carbocycles. The normalized spacial score (nSPS) is 16.7. The Morgan fingerprint density at radius 1 is 1.17 bits per heavy atom. The number of likely N-dealkylation sites (N-methyl/N-ethyl adjacent to an activating group) is 1. The molecule has 1 fully saturated rings. The van der Waals surface area contributed by atoms with Crippen LogP contribution in [0.4, 0.5) is 0 Å². The Kier molecular flexibility index (Phi) is 5.38. The molecule has 1 N–H and O–H groups in total. The third kappa shape index (κ3) is 4.26. The summed E-state index contributed by atoms with van der Waals surface area (Å²) in [6.45, 7) is 9.10. The van der Waals surface area contributed by atoms with Gasteiger partial charge in [-0.2, -0.15) is 0 Å². The van der Waals surface area contributed by atoms with E-state index in [0.29, 0.717) is 0 Å². The number of nitrogens with zero attached hydrogens (tertiary/aromatic N) is 2. The monoisotopic (exact) mass is 347 g/mol. The molecule has 3 rings (SSSR count). The van der Waals surface area contributed by atoms with E-state index in [1.54, 1.807) is 0 Å². The third-order valence-electron chi connectivity index (χ3n) is 4.20. The van der Waals surface area contributed by atoms with E-state index in [1.165, 1.54) is 11.3 Å². The van der Waals surface area contributed by atoms with Crippen LogP contribution in [-0.2, 0) is 6.54 Å². The second-order valence-corrected chi connectivity index (χ2v) is 7.65. The fourth-order valence-corrected chi connectivity index (χ4v) is 3.78. The topological polar surface area (TPSA) is 48.6 Å². The molecule has 130 valence electrons. The lowest BCUT2D eigenvalue weighted by molar-refractivity contribution is 0.149. The summed E-state index contributed by atoms with van der Waals surface area (Å²) in [4.78, 5) is 20.8. The summed E-state index contributed by atoms with van der Waals surface area (Å²) < 4.78 is 5.69. The number of rotatable bonds is 5. The van der Waals surface area contributed by atoms with E-state index in [9.17, 15) is 4.79 Å². The molecule has 0 aliphatic carbocycles. The highest BCUT2D eigenvalue weighted by atomic mass is 32.1. The molecule has 0 radical (unpaired) electrons. The molecule has 0 spiro atoms. The van der Waals surface area contributed by atoms with Crippen molar-refractivity contribution in [1.29, 1.82) is 0 Å². The van der Waals surface area contributed by atoms with Crippen molar-refractivity contribution in [3.63, 3.8) is 0 Å². The Hall–Kier alpha value is -1.63. The van der Waals surface area contributed by atoms with Crippen molar-refractivity contribution in [3.05, 3.63) is 38.8 Å². The van der Waals surface area contributed by atoms with Crippen LogP contribution in [0.3, 0.4) is 0 Å². The molecule has 0 saturated carbocycles. The molecular weight excluding hydrogens is 322 g/mol. The van der Waals surface area contributed by atoms with Gasteiger partial charge in [-0.3, -0.25) is 9.69 Å². The number of piperazine rings is 1. The van der Waals surface area contributed by atoms with E-state index >= 15 is 0 Å². The third-order valence-corrected chi connectivity index (χ3v) is 5.07. The lowest BCUT2D eigenvalue weighted by Crippen LogP contribution is -2.43. The molecule has 6 heteroatoms. The number of H-pyrrole nitrogens is 1. The number of aromatic nitrogens is 1. The van der Waals surface area contributed by atoms with Crippen molar-refractivity contribution < 1.29 is 4.74 Å². The van der Waals surface area contributed by atoms with Crippen molar-refractivity contribution in [2.75, 3.05) is 33.2 Å². The highest BCUT2D eigenvalue weighted by Crippen LogP contribution is 2.27. The summed E-state index contributed by atoms with van der Waals surface area (Å²) in [5, 5.41) is 0. The van der Waals surface area contributed by atoms with Crippen LogP contribution in [0.5, 0.6) is 5.75 Å². The maximum atomic E-state index is 11.9. The quantitative estimate of drug-likeness (QED) is 0.903. The lowest BCUT2D eigenvalue weighted by atomic mass is 10.1. The van der Waals surface area contributed by atoms with Gasteiger partial charge in [-0.05, 0) is 50.7 Å². The van der Waals surface area contributed by atoms with Gasteiger partial charge in [0.25, 0.3) is 0 Å². The van der Waals surface area contributed by atoms with Gasteiger partial charge in [-0.25, -0.2) is 0 Å². The van der Waals surface area contributed by atoms with Gasteiger partial charge in [0.2, 0.25) is 0 Å². The number of hydrogen-bond acceptors (Lipinski definition) is 5. The second kappa shape index (κ2) is 7.51. The van der Waals surface area contributed by atoms with E-state index in [4.69, 9.17) is 4.74 Å². The zero-order chi connectivity index (χ0) is 17.1. The standard InChI is InChI=1S/C18H25N3O2S/c1-13(2)23-15-6-4-14(5-7-15)17-16(24-18(22)19-17)12-21-10-8-20(3)9-11-21/h4-7,13H,8-12H2,1-3H3,(H,19,22). The van der Waals surface area contributed by atoms with Gasteiger partial charge in [0.1, 0.15) is 5.75 Å². The molecule has 24 heavy (non-hydrogen) atoms. The second-order valence-electron chi connectivity index (χ2n) is 6.58. The molecule has 5 nitrogen and oxygen atoms in total. The number of hydrogen-bond donors (Lipinski definition) is 1. The first-order chi connectivity index (χ1) is 11.5. The van der Waals surface area contributed by atoms with Crippen molar-refractivity contribution in [2.45, 2.75) is 26.5 Å². The van der Waals surface area contributed by atoms with E-state index in [1.807, 2.05) is 38.1 Å². The number of thiazole rings is 1. The van der Waals surface area contributed by atoms with E-state index in [0.717, 1.165) is 54.6 Å². The number of ether oxygens (including phenoxy) is 1. The van der Waals surface area contributed by atoms with Crippen molar-refractivity contribution in [3.8, 4) is 17.0 Å². The summed E-state index contributed by atoms with van der Waals surface area (Å²) in [5.41, 5.74) is 1.98. The van der Waals surface area contributed by atoms with Crippen LogP contribution in [0.25, 0.3) is 11.3 Å². The van der Waals surface area contributed by atoms with Crippen LogP contribution in [0, 0.1) is 0 Å². The Morgan fingerprint density at radius 3 is 2.46 bits per heavy atom. The first-order valence-corrected chi connectivity index (χ1v) is 9.23. The summed E-state index contributed by atoms with van der Waals surface area (Å²) in [5.74, 6) is 0.854. The Balaban J connectivity index is 1.77. The van der Waals surface area contributed by atoms with Crippen LogP contribution < -0.4 is 9.61 Å². The molecule has 0 amide bonds. The molecule has 1 aliphatic heterocycles. The highest BCUT2D eigenvalue weighted by molar-refractivity contribution is 7.09. The average Bonchev–Trinajstić information content (AvgIpc) is 2.90. The summed E-state index contributed by atoms with van der Waals surface area (Å²) >= 11 is 1.32. The van der Waals surface area contributed by atoms with E-state index in [2.05, 4.69) is 21.8 Å². The molecule has 0 unspecified atom stereocenters. The Bertz CT molecular complexity index is 713. The molecule has 1 saturated heterocycles. The zero-order valence-corrected chi connectivity index (χ0v) is 15.4. The van der Waals surface area contributed by atoms with Crippen molar-refractivity contribution in [2.24, 2.45) is 0 Å². The van der Waals surface area contributed by atoms with Crippen molar-refractivity contribution >= 4 is 11.3 Å². The van der Waals surface area contributed by atoms with Gasteiger partial charge in [0, 0.05) is 37.6 Å². The molecule has 0 bridgehead atoms. The largest absolute Gasteiger partial charge is 0.491 e. The van der Waals surface area contributed by atoms with Gasteiger partial charge in [0.05, 0.1) is 11.8 Å². The van der Waals surface area contributed by atoms with Crippen molar-refractivity contribution in [1.82, 2.24) is 14.8 Å². The molecule has 1 aliphatic rings. The molecule has 2 aromatic rings. The molecule has 1 aromatic heterocycles. The van der Waals surface area contributed by atoms with Crippen LogP contribution in [0.2, 0.25) is 0 Å². The maximum absolute atomic E-state index is 11.9. The fourth-order valence-electron chi connectivity index (χ4n) is 2.89. The number of aromatic amines is 1. The van der Waals surface area contributed by atoms with Gasteiger partial charge >= 0.3 is 4.87 Å². The van der Waals surface area contributed by atoms with Gasteiger partial charge in [0.15, 0.2) is 0 Å². The Labute approximate surface area is 146 Å². The summed E-state index contributed by atoms with van der Waals surface area (Å²) in [6.07, 6.45) is 0.157. The fraction of sp³-hybridized carbons (Fsp3) is 0.500. The minimum absolute atomic E-state index is 0.0108. The summed E-state index contributed by atoms with van der Waals surface area (Å²) in [7, 11) is 2.15. The average molecular weight is 347 g/mol. The Morgan fingerprint density at radius 2 is 1.83 bits per heavy atom. The van der Waals surface area contributed by atoms with Gasteiger partial charge < -0.3 is 14.6 Å². The number of benzene rings is 1. The van der Waals surface area contributed by atoms with Gasteiger partial charge in [-0.1, -0.05) is 11.3 Å². The maximum Gasteiger partial charge on any atom is 0.305 e. The zero-order valence-electron chi connectivity index (χ0n) is 14.5. The predicted molar refractivity (Wildman–Crippen MR) is 98.9 cm³/mol.